The van der Waals surface area contributed by atoms with Crippen molar-refractivity contribution in [1.29, 1.82) is 0 Å². The van der Waals surface area contributed by atoms with Gasteiger partial charge in [0.1, 0.15) is 0 Å². The zero-order valence-corrected chi connectivity index (χ0v) is 12.5. The van der Waals surface area contributed by atoms with E-state index in [1.54, 1.807) is 14.2 Å². The number of ketones is 1. The van der Waals surface area contributed by atoms with Crippen LogP contribution in [0.15, 0.2) is 60.7 Å². The third-order valence-electron chi connectivity index (χ3n) is 3.67. The van der Waals surface area contributed by atoms with Gasteiger partial charge in [0.05, 0.1) is 14.2 Å². The van der Waals surface area contributed by atoms with E-state index in [0.29, 0.717) is 22.6 Å². The van der Waals surface area contributed by atoms with Crippen LogP contribution in [-0.4, -0.2) is 20.0 Å². The van der Waals surface area contributed by atoms with Crippen molar-refractivity contribution in [2.24, 2.45) is 0 Å². The quantitative estimate of drug-likeness (QED) is 0.679. The fourth-order valence-corrected chi connectivity index (χ4v) is 2.55. The smallest absolute Gasteiger partial charge is 0.193 e. The molecule has 0 aliphatic rings. The van der Waals surface area contributed by atoms with Crippen molar-refractivity contribution in [2.45, 2.75) is 0 Å². The molecule has 0 saturated heterocycles. The highest BCUT2D eigenvalue weighted by Gasteiger charge is 2.14. The largest absolute Gasteiger partial charge is 0.493 e. The number of carbonyl (C=O) groups excluding carboxylic acids is 1. The van der Waals surface area contributed by atoms with Crippen molar-refractivity contribution in [2.75, 3.05) is 14.2 Å². The maximum atomic E-state index is 12.7. The summed E-state index contributed by atoms with van der Waals surface area (Å²) in [6, 6.07) is 18.7. The molecule has 0 aliphatic heterocycles. The Morgan fingerprint density at radius 2 is 1.50 bits per heavy atom. The fourth-order valence-electron chi connectivity index (χ4n) is 2.55. The molecule has 3 aromatic carbocycles. The normalized spacial score (nSPS) is 10.5. The van der Waals surface area contributed by atoms with Crippen LogP contribution in [0.1, 0.15) is 15.9 Å². The Morgan fingerprint density at radius 3 is 2.18 bits per heavy atom. The van der Waals surface area contributed by atoms with Crippen molar-refractivity contribution < 1.29 is 14.3 Å². The average Bonchev–Trinajstić information content (AvgIpc) is 2.60. The van der Waals surface area contributed by atoms with Crippen LogP contribution < -0.4 is 9.47 Å². The molecule has 0 aromatic heterocycles. The maximum Gasteiger partial charge on any atom is 0.193 e. The molecular formula is C19H16O3. The molecule has 22 heavy (non-hydrogen) atoms. The first-order valence-corrected chi connectivity index (χ1v) is 6.99. The third-order valence-corrected chi connectivity index (χ3v) is 3.67. The number of hydrogen-bond donors (Lipinski definition) is 0. The molecule has 3 rings (SSSR count). The second-order valence-electron chi connectivity index (χ2n) is 4.93. The average molecular weight is 292 g/mol. The lowest BCUT2D eigenvalue weighted by atomic mass is 9.97. The van der Waals surface area contributed by atoms with E-state index in [4.69, 9.17) is 9.47 Å². The summed E-state index contributed by atoms with van der Waals surface area (Å²) in [4.78, 5) is 12.7. The summed E-state index contributed by atoms with van der Waals surface area (Å²) in [5, 5.41) is 1.80. The Labute approximate surface area is 129 Å². The zero-order chi connectivity index (χ0) is 15.5. The van der Waals surface area contributed by atoms with Gasteiger partial charge in [-0.3, -0.25) is 4.79 Å². The predicted molar refractivity (Wildman–Crippen MR) is 86.9 cm³/mol. The molecule has 0 heterocycles. The highest BCUT2D eigenvalue weighted by molar-refractivity contribution is 6.16. The topological polar surface area (TPSA) is 35.5 Å². The lowest BCUT2D eigenvalue weighted by molar-refractivity contribution is 0.104. The SMILES string of the molecule is COc1cc2cccc(C(=O)c3ccccc3)c2cc1OC. The van der Waals surface area contributed by atoms with Gasteiger partial charge in [0.15, 0.2) is 17.3 Å². The standard InChI is InChI=1S/C19H16O3/c1-21-17-11-14-9-6-10-15(16(14)12-18(17)22-2)19(20)13-7-4-3-5-8-13/h3-12H,1-2H3. The zero-order valence-electron chi connectivity index (χ0n) is 12.5. The number of carbonyl (C=O) groups is 1. The Morgan fingerprint density at radius 1 is 0.818 bits per heavy atom. The summed E-state index contributed by atoms with van der Waals surface area (Å²) in [5.41, 5.74) is 1.33. The molecule has 0 spiro atoms. The second kappa shape index (κ2) is 5.90. The first kappa shape index (κ1) is 14.1. The van der Waals surface area contributed by atoms with Crippen LogP contribution in [0.2, 0.25) is 0 Å². The molecule has 0 unspecified atom stereocenters. The van der Waals surface area contributed by atoms with Crippen LogP contribution in [0.5, 0.6) is 11.5 Å². The van der Waals surface area contributed by atoms with Crippen LogP contribution in [0.4, 0.5) is 0 Å². The van der Waals surface area contributed by atoms with Crippen LogP contribution in [0.3, 0.4) is 0 Å². The van der Waals surface area contributed by atoms with E-state index >= 15 is 0 Å². The molecule has 0 N–H and O–H groups in total. The number of rotatable bonds is 4. The van der Waals surface area contributed by atoms with Gasteiger partial charge in [-0.05, 0) is 22.9 Å². The molecule has 0 aliphatic carbocycles. The minimum Gasteiger partial charge on any atom is -0.493 e. The summed E-state index contributed by atoms with van der Waals surface area (Å²) < 4.78 is 10.7. The number of hydrogen-bond acceptors (Lipinski definition) is 3. The van der Waals surface area contributed by atoms with Gasteiger partial charge in [-0.2, -0.15) is 0 Å². The molecule has 0 saturated carbocycles. The molecular weight excluding hydrogens is 276 g/mol. The molecule has 3 heteroatoms. The highest BCUT2D eigenvalue weighted by atomic mass is 16.5. The van der Waals surface area contributed by atoms with E-state index in [-0.39, 0.29) is 5.78 Å². The number of fused-ring (bicyclic) bond motifs is 1. The summed E-state index contributed by atoms with van der Waals surface area (Å²) in [7, 11) is 3.19. The summed E-state index contributed by atoms with van der Waals surface area (Å²) >= 11 is 0. The van der Waals surface area contributed by atoms with Gasteiger partial charge in [0.25, 0.3) is 0 Å². The molecule has 3 nitrogen and oxygen atoms in total. The molecule has 0 atom stereocenters. The molecule has 0 amide bonds. The van der Waals surface area contributed by atoms with E-state index < -0.39 is 0 Å². The number of ether oxygens (including phenoxy) is 2. The minimum absolute atomic E-state index is 0.00146. The summed E-state index contributed by atoms with van der Waals surface area (Å²) in [5.74, 6) is 1.26. The highest BCUT2D eigenvalue weighted by Crippen LogP contribution is 2.34. The van der Waals surface area contributed by atoms with E-state index in [0.717, 1.165) is 10.8 Å². The molecule has 0 bridgehead atoms. The van der Waals surface area contributed by atoms with Crippen molar-refractivity contribution in [3.8, 4) is 11.5 Å². The Hall–Kier alpha value is -2.81. The summed E-state index contributed by atoms with van der Waals surface area (Å²) in [6.07, 6.45) is 0. The Kier molecular flexibility index (Phi) is 3.79. The van der Waals surface area contributed by atoms with Gasteiger partial charge in [0, 0.05) is 11.1 Å². The minimum atomic E-state index is -0.00146. The Balaban J connectivity index is 2.20. The van der Waals surface area contributed by atoms with Gasteiger partial charge in [-0.25, -0.2) is 0 Å². The van der Waals surface area contributed by atoms with Gasteiger partial charge in [-0.15, -0.1) is 0 Å². The monoisotopic (exact) mass is 292 g/mol. The first-order chi connectivity index (χ1) is 10.7. The van der Waals surface area contributed by atoms with Crippen LogP contribution in [0, 0.1) is 0 Å². The van der Waals surface area contributed by atoms with Gasteiger partial charge in [0.2, 0.25) is 0 Å². The van der Waals surface area contributed by atoms with Crippen molar-refractivity contribution in [3.63, 3.8) is 0 Å². The van der Waals surface area contributed by atoms with Crippen molar-refractivity contribution >= 4 is 16.6 Å². The molecule has 3 aromatic rings. The fraction of sp³-hybridized carbons (Fsp3) is 0.105. The second-order valence-corrected chi connectivity index (χ2v) is 4.93. The van der Waals surface area contributed by atoms with Crippen LogP contribution in [-0.2, 0) is 0 Å². The first-order valence-electron chi connectivity index (χ1n) is 6.99. The van der Waals surface area contributed by atoms with Gasteiger partial charge in [-0.1, -0.05) is 48.5 Å². The number of benzene rings is 3. The number of methoxy groups -OCH3 is 2. The lowest BCUT2D eigenvalue weighted by Crippen LogP contribution is -2.02. The third kappa shape index (κ3) is 2.42. The van der Waals surface area contributed by atoms with Gasteiger partial charge >= 0.3 is 0 Å². The lowest BCUT2D eigenvalue weighted by Gasteiger charge is -2.11. The molecule has 110 valence electrons. The van der Waals surface area contributed by atoms with E-state index in [1.807, 2.05) is 60.7 Å². The Bertz CT molecular complexity index is 823. The van der Waals surface area contributed by atoms with E-state index in [1.165, 1.54) is 0 Å². The van der Waals surface area contributed by atoms with Gasteiger partial charge < -0.3 is 9.47 Å². The van der Waals surface area contributed by atoms with Crippen LogP contribution in [0.25, 0.3) is 10.8 Å². The molecule has 0 fully saturated rings. The van der Waals surface area contributed by atoms with E-state index in [2.05, 4.69) is 0 Å². The maximum absolute atomic E-state index is 12.7. The summed E-state index contributed by atoms with van der Waals surface area (Å²) in [6.45, 7) is 0. The predicted octanol–water partition coefficient (Wildman–Crippen LogP) is 4.09. The van der Waals surface area contributed by atoms with E-state index in [9.17, 15) is 4.79 Å². The van der Waals surface area contributed by atoms with Crippen molar-refractivity contribution in [3.05, 3.63) is 71.8 Å². The van der Waals surface area contributed by atoms with Crippen LogP contribution >= 0.6 is 0 Å². The molecule has 0 radical (unpaired) electrons. The van der Waals surface area contributed by atoms with Crippen molar-refractivity contribution in [1.82, 2.24) is 0 Å².